The van der Waals surface area contributed by atoms with Gasteiger partial charge in [-0.1, -0.05) is 18.2 Å². The molecule has 0 radical (unpaired) electrons. The smallest absolute Gasteiger partial charge is 0.303 e. The second kappa shape index (κ2) is 10.4. The van der Waals surface area contributed by atoms with E-state index >= 15 is 0 Å². The zero-order valence-electron chi connectivity index (χ0n) is 16.8. The van der Waals surface area contributed by atoms with Gasteiger partial charge in [-0.3, -0.25) is 9.59 Å². The number of carboxylic acid groups (broad SMARTS) is 1. The van der Waals surface area contributed by atoms with Crippen molar-refractivity contribution in [2.75, 3.05) is 53.9 Å². The van der Waals surface area contributed by atoms with Crippen LogP contribution in [-0.4, -0.2) is 85.5 Å². The number of amides is 1. The molecule has 2 atom stereocenters. The maximum absolute atomic E-state index is 12.8. The first kappa shape index (κ1) is 21.4. The van der Waals surface area contributed by atoms with Crippen molar-refractivity contribution >= 4 is 11.9 Å². The Morgan fingerprint density at radius 1 is 1.07 bits per heavy atom. The molecule has 2 unspecified atom stereocenters. The predicted molar refractivity (Wildman–Crippen MR) is 107 cm³/mol. The van der Waals surface area contributed by atoms with Crippen LogP contribution in [0.3, 0.4) is 0 Å². The van der Waals surface area contributed by atoms with Crippen molar-refractivity contribution in [3.63, 3.8) is 0 Å². The van der Waals surface area contributed by atoms with Gasteiger partial charge in [-0.05, 0) is 64.5 Å². The molecule has 1 heterocycles. The van der Waals surface area contributed by atoms with Gasteiger partial charge in [-0.15, -0.1) is 0 Å². The van der Waals surface area contributed by atoms with Gasteiger partial charge >= 0.3 is 5.97 Å². The van der Waals surface area contributed by atoms with E-state index in [4.69, 9.17) is 0 Å². The van der Waals surface area contributed by atoms with Crippen LogP contribution in [0, 0.1) is 11.8 Å². The minimum atomic E-state index is -0.742. The lowest BCUT2D eigenvalue weighted by atomic mass is 9.81. The minimum Gasteiger partial charge on any atom is -0.481 e. The third-order valence-electron chi connectivity index (χ3n) is 5.45. The third-order valence-corrected chi connectivity index (χ3v) is 5.45. The van der Waals surface area contributed by atoms with E-state index in [9.17, 15) is 14.7 Å². The Hall–Kier alpha value is -1.92. The number of likely N-dealkylation sites (tertiary alicyclic amines) is 1. The summed E-state index contributed by atoms with van der Waals surface area (Å²) in [7, 11) is 6.22. The molecule has 0 aliphatic carbocycles. The Morgan fingerprint density at radius 2 is 1.78 bits per heavy atom. The van der Waals surface area contributed by atoms with Gasteiger partial charge in [-0.2, -0.15) is 0 Å². The molecule has 6 heteroatoms. The molecule has 1 amide bonds. The van der Waals surface area contributed by atoms with Crippen LogP contribution in [0.15, 0.2) is 30.3 Å². The molecule has 2 rings (SSSR count). The maximum Gasteiger partial charge on any atom is 0.303 e. The first-order valence-electron chi connectivity index (χ1n) is 9.76. The molecular formula is C21H33N3O3. The lowest BCUT2D eigenvalue weighted by Gasteiger charge is -2.39. The van der Waals surface area contributed by atoms with E-state index in [1.54, 1.807) is 0 Å². The molecule has 6 nitrogen and oxygen atoms in total. The van der Waals surface area contributed by atoms with E-state index < -0.39 is 5.97 Å². The average Bonchev–Trinajstić information content (AvgIpc) is 2.65. The summed E-state index contributed by atoms with van der Waals surface area (Å²) >= 11 is 0. The van der Waals surface area contributed by atoms with Crippen molar-refractivity contribution < 1.29 is 14.7 Å². The molecular weight excluding hydrogens is 342 g/mol. The topological polar surface area (TPSA) is 64.1 Å². The van der Waals surface area contributed by atoms with E-state index in [0.717, 1.165) is 32.5 Å². The lowest BCUT2D eigenvalue weighted by molar-refractivity contribution is -0.139. The summed E-state index contributed by atoms with van der Waals surface area (Å²) in [5.74, 6) is -0.321. The highest BCUT2D eigenvalue weighted by molar-refractivity contribution is 5.94. The fourth-order valence-electron chi connectivity index (χ4n) is 3.72. The summed E-state index contributed by atoms with van der Waals surface area (Å²) in [5.41, 5.74) is 0.705. The summed E-state index contributed by atoms with van der Waals surface area (Å²) in [6.45, 7) is 4.18. The predicted octanol–water partition coefficient (Wildman–Crippen LogP) is 2.12. The second-order valence-corrected chi connectivity index (χ2v) is 7.92. The number of piperidine rings is 1. The zero-order valence-corrected chi connectivity index (χ0v) is 16.8. The molecule has 1 aromatic rings. The highest BCUT2D eigenvalue weighted by atomic mass is 16.4. The first-order valence-corrected chi connectivity index (χ1v) is 9.76. The van der Waals surface area contributed by atoms with E-state index in [2.05, 4.69) is 30.9 Å². The summed E-state index contributed by atoms with van der Waals surface area (Å²) in [6, 6.07) is 9.34. The lowest BCUT2D eigenvalue weighted by Crippen LogP contribution is -2.45. The van der Waals surface area contributed by atoms with Crippen molar-refractivity contribution in [2.24, 2.45) is 11.8 Å². The molecule has 0 aromatic heterocycles. The fraction of sp³-hybridized carbons (Fsp3) is 0.619. The molecule has 1 aromatic carbocycles. The number of aliphatic carboxylic acids is 1. The number of nitrogens with zero attached hydrogens (tertiary/aromatic N) is 3. The summed E-state index contributed by atoms with van der Waals surface area (Å²) in [4.78, 5) is 30.4. The van der Waals surface area contributed by atoms with E-state index in [0.29, 0.717) is 18.7 Å². The average molecular weight is 376 g/mol. The minimum absolute atomic E-state index is 0.0512. The van der Waals surface area contributed by atoms with Gasteiger partial charge in [0.15, 0.2) is 0 Å². The van der Waals surface area contributed by atoms with Crippen LogP contribution in [0.2, 0.25) is 0 Å². The standard InChI is InChI=1S/C21H33N3O3/c1-22(2)13-14-23(3)11-9-19-16-24(12-10-18(19)15-20(25)26)21(27)17-7-5-4-6-8-17/h4-8,18-19H,9-16H2,1-3H3,(H,25,26). The third kappa shape index (κ3) is 6.96. The molecule has 1 saturated heterocycles. The number of carbonyl (C=O) groups excluding carboxylic acids is 1. The molecule has 1 aliphatic rings. The van der Waals surface area contributed by atoms with E-state index in [1.807, 2.05) is 35.2 Å². The molecule has 1 aliphatic heterocycles. The molecule has 150 valence electrons. The maximum atomic E-state index is 12.8. The normalized spacial score (nSPS) is 20.3. The van der Waals surface area contributed by atoms with Crippen molar-refractivity contribution in [1.29, 1.82) is 0 Å². The molecule has 1 fully saturated rings. The SMILES string of the molecule is CN(C)CCN(C)CCC1CN(C(=O)c2ccccc2)CCC1CC(=O)O. The van der Waals surface area contributed by atoms with Crippen molar-refractivity contribution in [3.05, 3.63) is 35.9 Å². The molecule has 0 bridgehead atoms. The number of benzene rings is 1. The van der Waals surface area contributed by atoms with Gasteiger partial charge < -0.3 is 19.8 Å². The van der Waals surface area contributed by atoms with Crippen LogP contribution in [0.1, 0.15) is 29.6 Å². The Kier molecular flexibility index (Phi) is 8.25. The van der Waals surface area contributed by atoms with Crippen LogP contribution >= 0.6 is 0 Å². The Morgan fingerprint density at radius 3 is 2.41 bits per heavy atom. The first-order chi connectivity index (χ1) is 12.9. The number of likely N-dealkylation sites (N-methyl/N-ethyl adjacent to an activating group) is 2. The summed E-state index contributed by atoms with van der Waals surface area (Å²) in [6.07, 6.45) is 1.87. The van der Waals surface area contributed by atoms with Crippen LogP contribution in [0.5, 0.6) is 0 Å². The van der Waals surface area contributed by atoms with Gasteiger partial charge in [0.2, 0.25) is 0 Å². The highest BCUT2D eigenvalue weighted by Gasteiger charge is 2.33. The van der Waals surface area contributed by atoms with Crippen LogP contribution < -0.4 is 0 Å². The number of carboxylic acids is 1. The Balaban J connectivity index is 1.97. The van der Waals surface area contributed by atoms with Crippen LogP contribution in [0.4, 0.5) is 0 Å². The largest absolute Gasteiger partial charge is 0.481 e. The van der Waals surface area contributed by atoms with Crippen LogP contribution in [-0.2, 0) is 4.79 Å². The molecule has 0 saturated carbocycles. The highest BCUT2D eigenvalue weighted by Crippen LogP contribution is 2.30. The van der Waals surface area contributed by atoms with Crippen molar-refractivity contribution in [2.45, 2.75) is 19.3 Å². The Labute approximate surface area is 162 Å². The summed E-state index contributed by atoms with van der Waals surface area (Å²) in [5, 5.41) is 9.26. The van der Waals surface area contributed by atoms with Gasteiger partial charge in [-0.25, -0.2) is 0 Å². The van der Waals surface area contributed by atoms with E-state index in [1.165, 1.54) is 0 Å². The number of hydrogen-bond acceptors (Lipinski definition) is 4. The van der Waals surface area contributed by atoms with Crippen LogP contribution in [0.25, 0.3) is 0 Å². The quantitative estimate of drug-likeness (QED) is 0.716. The molecule has 1 N–H and O–H groups in total. The van der Waals surface area contributed by atoms with Gasteiger partial charge in [0, 0.05) is 38.2 Å². The number of rotatable bonds is 9. The fourth-order valence-corrected chi connectivity index (χ4v) is 3.72. The van der Waals surface area contributed by atoms with Crippen molar-refractivity contribution in [1.82, 2.24) is 14.7 Å². The van der Waals surface area contributed by atoms with E-state index in [-0.39, 0.29) is 24.2 Å². The van der Waals surface area contributed by atoms with Crippen molar-refractivity contribution in [3.8, 4) is 0 Å². The molecule has 0 spiro atoms. The second-order valence-electron chi connectivity index (χ2n) is 7.92. The summed E-state index contributed by atoms with van der Waals surface area (Å²) < 4.78 is 0. The van der Waals surface area contributed by atoms with Gasteiger partial charge in [0.1, 0.15) is 0 Å². The Bertz CT molecular complexity index is 606. The van der Waals surface area contributed by atoms with Gasteiger partial charge in [0.05, 0.1) is 0 Å². The van der Waals surface area contributed by atoms with Gasteiger partial charge in [0.25, 0.3) is 5.91 Å². The zero-order chi connectivity index (χ0) is 19.8. The number of hydrogen-bond donors (Lipinski definition) is 1. The monoisotopic (exact) mass is 375 g/mol. The molecule has 27 heavy (non-hydrogen) atoms. The number of carbonyl (C=O) groups is 2.